The van der Waals surface area contributed by atoms with Gasteiger partial charge in [-0.1, -0.05) is 11.6 Å². The Hall–Kier alpha value is -2.86. The number of carbonyl (C=O) groups is 2. The summed E-state index contributed by atoms with van der Waals surface area (Å²) in [7, 11) is 1.53. The van der Waals surface area contributed by atoms with Crippen LogP contribution in [0.25, 0.3) is 10.9 Å². The molecule has 3 rings (SSSR count). The van der Waals surface area contributed by atoms with Gasteiger partial charge in [0.25, 0.3) is 5.91 Å². The van der Waals surface area contributed by atoms with Crippen molar-refractivity contribution in [2.45, 2.75) is 13.3 Å². The number of rotatable bonds is 4. The molecule has 2 heterocycles. The van der Waals surface area contributed by atoms with Crippen LogP contribution in [-0.2, 0) is 11.2 Å². The Morgan fingerprint density at radius 3 is 2.72 bits per heavy atom. The predicted molar refractivity (Wildman–Crippen MR) is 93.5 cm³/mol. The molecule has 0 aliphatic carbocycles. The van der Waals surface area contributed by atoms with E-state index in [1.54, 1.807) is 37.3 Å². The molecule has 25 heavy (non-hydrogen) atoms. The number of aliphatic carboxylic acids is 1. The number of fused-ring (bicyclic) bond motifs is 1. The quantitative estimate of drug-likeness (QED) is 0.723. The number of carbonyl (C=O) groups excluding carboxylic acids is 1. The third-order valence-corrected chi connectivity index (χ3v) is 4.36. The van der Waals surface area contributed by atoms with Gasteiger partial charge in [-0.15, -0.1) is 0 Å². The van der Waals surface area contributed by atoms with E-state index in [0.29, 0.717) is 27.9 Å². The van der Waals surface area contributed by atoms with E-state index in [1.165, 1.54) is 17.9 Å². The second kappa shape index (κ2) is 6.57. The lowest BCUT2D eigenvalue weighted by Gasteiger charge is -2.08. The highest BCUT2D eigenvalue weighted by Gasteiger charge is 2.23. The molecule has 0 unspecified atom stereocenters. The first kappa shape index (κ1) is 17.0. The third kappa shape index (κ3) is 2.96. The maximum atomic E-state index is 13.0. The first-order valence-electron chi connectivity index (χ1n) is 7.49. The molecule has 0 amide bonds. The Balaban J connectivity index is 2.28. The maximum absolute atomic E-state index is 13.0. The van der Waals surface area contributed by atoms with E-state index in [9.17, 15) is 14.7 Å². The Labute approximate surface area is 148 Å². The van der Waals surface area contributed by atoms with E-state index in [4.69, 9.17) is 16.3 Å². The standard InChI is InChI=1S/C18H15ClN2O4/c1-10-13(9-16(22)23)14-8-11(25-2)5-6-15(14)21(10)18(24)12-4-3-7-20-17(12)19/h3-8H,9H2,1-2H3,(H,22,23). The van der Waals surface area contributed by atoms with Gasteiger partial charge in [-0.05, 0) is 42.8 Å². The van der Waals surface area contributed by atoms with Gasteiger partial charge in [0, 0.05) is 17.3 Å². The summed E-state index contributed by atoms with van der Waals surface area (Å²) in [5, 5.41) is 9.99. The highest BCUT2D eigenvalue weighted by molar-refractivity contribution is 6.32. The third-order valence-electron chi connectivity index (χ3n) is 4.06. The lowest BCUT2D eigenvalue weighted by atomic mass is 10.1. The minimum absolute atomic E-state index is 0.0991. The maximum Gasteiger partial charge on any atom is 0.307 e. The minimum atomic E-state index is -0.975. The number of hydrogen-bond donors (Lipinski definition) is 1. The number of pyridine rings is 1. The van der Waals surface area contributed by atoms with Crippen LogP contribution in [0.5, 0.6) is 5.75 Å². The second-order valence-corrected chi connectivity index (χ2v) is 5.86. The minimum Gasteiger partial charge on any atom is -0.497 e. The zero-order valence-electron chi connectivity index (χ0n) is 13.6. The van der Waals surface area contributed by atoms with Crippen molar-refractivity contribution in [3.05, 3.63) is 58.5 Å². The van der Waals surface area contributed by atoms with Gasteiger partial charge in [-0.25, -0.2) is 4.98 Å². The number of nitrogens with zero attached hydrogens (tertiary/aromatic N) is 2. The smallest absolute Gasteiger partial charge is 0.307 e. The van der Waals surface area contributed by atoms with Gasteiger partial charge in [0.05, 0.1) is 24.6 Å². The van der Waals surface area contributed by atoms with Crippen LogP contribution in [0.3, 0.4) is 0 Å². The van der Waals surface area contributed by atoms with Crippen LogP contribution in [0, 0.1) is 6.92 Å². The van der Waals surface area contributed by atoms with Gasteiger partial charge in [0.1, 0.15) is 10.9 Å². The van der Waals surface area contributed by atoms with Crippen molar-refractivity contribution in [2.75, 3.05) is 7.11 Å². The van der Waals surface area contributed by atoms with Crippen molar-refractivity contribution in [1.82, 2.24) is 9.55 Å². The number of methoxy groups -OCH3 is 1. The Morgan fingerprint density at radius 2 is 2.08 bits per heavy atom. The molecule has 0 fully saturated rings. The zero-order chi connectivity index (χ0) is 18.1. The molecule has 0 saturated heterocycles. The summed E-state index contributed by atoms with van der Waals surface area (Å²) in [4.78, 5) is 28.2. The van der Waals surface area contributed by atoms with Crippen molar-refractivity contribution < 1.29 is 19.4 Å². The van der Waals surface area contributed by atoms with E-state index in [1.807, 2.05) is 0 Å². The van der Waals surface area contributed by atoms with E-state index in [0.717, 1.165) is 0 Å². The Morgan fingerprint density at radius 1 is 1.32 bits per heavy atom. The summed E-state index contributed by atoms with van der Waals surface area (Å²) in [6, 6.07) is 8.40. The average Bonchev–Trinajstić information content (AvgIpc) is 2.85. The Kier molecular flexibility index (Phi) is 4.46. The molecule has 3 aromatic rings. The summed E-state index contributed by atoms with van der Waals surface area (Å²) in [5.74, 6) is -0.748. The normalized spacial score (nSPS) is 10.8. The highest BCUT2D eigenvalue weighted by Crippen LogP contribution is 2.31. The van der Waals surface area contributed by atoms with Gasteiger partial charge < -0.3 is 9.84 Å². The summed E-state index contributed by atoms with van der Waals surface area (Å²) in [5.41, 5.74) is 1.96. The molecular weight excluding hydrogens is 344 g/mol. The van der Waals surface area contributed by atoms with Gasteiger partial charge in [0.2, 0.25) is 0 Å². The van der Waals surface area contributed by atoms with Crippen molar-refractivity contribution in [2.24, 2.45) is 0 Å². The molecular formula is C18H15ClN2O4. The van der Waals surface area contributed by atoms with Gasteiger partial charge in [-0.2, -0.15) is 0 Å². The van der Waals surface area contributed by atoms with E-state index in [-0.39, 0.29) is 23.0 Å². The van der Waals surface area contributed by atoms with Crippen LogP contribution < -0.4 is 4.74 Å². The number of carboxylic acid groups (broad SMARTS) is 1. The number of aromatic nitrogens is 2. The molecule has 128 valence electrons. The SMILES string of the molecule is COc1ccc2c(c1)c(CC(=O)O)c(C)n2C(=O)c1cccnc1Cl. The first-order valence-corrected chi connectivity index (χ1v) is 7.86. The lowest BCUT2D eigenvalue weighted by molar-refractivity contribution is -0.136. The molecule has 0 atom stereocenters. The van der Waals surface area contributed by atoms with Crippen LogP contribution in [0.4, 0.5) is 0 Å². The fraction of sp³-hybridized carbons (Fsp3) is 0.167. The molecule has 0 aliphatic rings. The molecule has 1 aromatic carbocycles. The fourth-order valence-electron chi connectivity index (χ4n) is 2.89. The van der Waals surface area contributed by atoms with Gasteiger partial charge in [0.15, 0.2) is 0 Å². The molecule has 6 nitrogen and oxygen atoms in total. The van der Waals surface area contributed by atoms with E-state index in [2.05, 4.69) is 4.98 Å². The molecule has 0 aliphatic heterocycles. The molecule has 0 bridgehead atoms. The molecule has 0 radical (unpaired) electrons. The topological polar surface area (TPSA) is 81.4 Å². The van der Waals surface area contributed by atoms with Crippen LogP contribution >= 0.6 is 11.6 Å². The van der Waals surface area contributed by atoms with E-state index >= 15 is 0 Å². The second-order valence-electron chi connectivity index (χ2n) is 5.50. The van der Waals surface area contributed by atoms with Gasteiger partial charge in [-0.3, -0.25) is 14.2 Å². The predicted octanol–water partition coefficient (Wildman–Crippen LogP) is 3.32. The summed E-state index contributed by atoms with van der Waals surface area (Å²) >= 11 is 6.05. The van der Waals surface area contributed by atoms with Crippen molar-refractivity contribution in [3.63, 3.8) is 0 Å². The van der Waals surface area contributed by atoms with Crippen LogP contribution in [0.2, 0.25) is 5.15 Å². The van der Waals surface area contributed by atoms with Crippen molar-refractivity contribution in [1.29, 1.82) is 0 Å². The molecule has 0 spiro atoms. The summed E-state index contributed by atoms with van der Waals surface area (Å²) in [6.45, 7) is 1.72. The van der Waals surface area contributed by atoms with Gasteiger partial charge >= 0.3 is 5.97 Å². The van der Waals surface area contributed by atoms with E-state index < -0.39 is 5.97 Å². The van der Waals surface area contributed by atoms with Crippen LogP contribution in [-0.4, -0.2) is 33.6 Å². The number of benzene rings is 1. The number of halogens is 1. The summed E-state index contributed by atoms with van der Waals surface area (Å²) in [6.07, 6.45) is 1.30. The fourth-order valence-corrected chi connectivity index (χ4v) is 3.09. The number of ether oxygens (including phenoxy) is 1. The lowest BCUT2D eigenvalue weighted by Crippen LogP contribution is -2.15. The van der Waals surface area contributed by atoms with Crippen molar-refractivity contribution in [3.8, 4) is 5.75 Å². The van der Waals surface area contributed by atoms with Crippen LogP contribution in [0.15, 0.2) is 36.5 Å². The first-order chi connectivity index (χ1) is 11.9. The number of carboxylic acids is 1. The molecule has 2 aromatic heterocycles. The molecule has 0 saturated carbocycles. The average molecular weight is 359 g/mol. The monoisotopic (exact) mass is 358 g/mol. The Bertz CT molecular complexity index is 994. The molecule has 7 heteroatoms. The largest absolute Gasteiger partial charge is 0.497 e. The summed E-state index contributed by atoms with van der Waals surface area (Å²) < 4.78 is 6.69. The zero-order valence-corrected chi connectivity index (χ0v) is 14.4. The van der Waals surface area contributed by atoms with Crippen molar-refractivity contribution >= 4 is 34.4 Å². The van der Waals surface area contributed by atoms with Crippen LogP contribution in [0.1, 0.15) is 21.6 Å². The highest BCUT2D eigenvalue weighted by atomic mass is 35.5. The molecule has 1 N–H and O–H groups in total. The number of hydrogen-bond acceptors (Lipinski definition) is 4.